The van der Waals surface area contributed by atoms with Crippen LogP contribution in [-0.2, 0) is 14.8 Å². The van der Waals surface area contributed by atoms with Gasteiger partial charge in [-0.15, -0.1) is 0 Å². The largest absolute Gasteiger partial charge is 0.381 e. The Bertz CT molecular complexity index is 508. The molecule has 0 unspecified atom stereocenters. The predicted octanol–water partition coefficient (Wildman–Crippen LogP) is 2.21. The molecule has 1 aromatic rings. The molecule has 1 aromatic carbocycles. The van der Waals surface area contributed by atoms with Gasteiger partial charge in [0.1, 0.15) is 5.82 Å². The highest BCUT2D eigenvalue weighted by molar-refractivity contribution is 9.09. The molecule has 108 valence electrons. The summed E-state index contributed by atoms with van der Waals surface area (Å²) in [5.74, 6) is -0.445. The molecule has 0 fully saturated rings. The molecule has 0 aliphatic heterocycles. The van der Waals surface area contributed by atoms with E-state index in [4.69, 9.17) is 4.74 Å². The molecule has 0 aliphatic rings. The summed E-state index contributed by atoms with van der Waals surface area (Å²) in [5, 5.41) is 0.757. The topological polar surface area (TPSA) is 55.4 Å². The van der Waals surface area contributed by atoms with Crippen molar-refractivity contribution in [2.45, 2.75) is 18.2 Å². The van der Waals surface area contributed by atoms with Crippen LogP contribution < -0.4 is 4.72 Å². The molecular weight excluding hydrogens is 337 g/mol. The second kappa shape index (κ2) is 7.94. The highest BCUT2D eigenvalue weighted by Crippen LogP contribution is 2.15. The fourth-order valence-corrected chi connectivity index (χ4v) is 3.06. The summed E-state index contributed by atoms with van der Waals surface area (Å²) in [7, 11) is -3.58. The van der Waals surface area contributed by atoms with Crippen molar-refractivity contribution >= 4 is 26.0 Å². The standard InChI is InChI=1S/C12H17BrFNO3S/c1-10-9-11(14)3-4-12(10)19(16,17)15-6-2-7-18-8-5-13/h3-4,9,15H,2,5-8H2,1H3. The minimum absolute atomic E-state index is 0.107. The fourth-order valence-electron chi connectivity index (χ4n) is 1.53. The molecule has 0 heterocycles. The van der Waals surface area contributed by atoms with Gasteiger partial charge in [-0.05, 0) is 37.1 Å². The van der Waals surface area contributed by atoms with E-state index in [-0.39, 0.29) is 4.90 Å². The SMILES string of the molecule is Cc1cc(F)ccc1S(=O)(=O)NCCCOCCBr. The Morgan fingerprint density at radius 3 is 2.74 bits per heavy atom. The van der Waals surface area contributed by atoms with Crippen molar-refractivity contribution in [2.24, 2.45) is 0 Å². The van der Waals surface area contributed by atoms with E-state index in [1.165, 1.54) is 12.1 Å². The maximum Gasteiger partial charge on any atom is 0.240 e. The molecule has 0 saturated heterocycles. The summed E-state index contributed by atoms with van der Waals surface area (Å²) >= 11 is 3.23. The van der Waals surface area contributed by atoms with E-state index in [1.54, 1.807) is 6.92 Å². The van der Waals surface area contributed by atoms with Gasteiger partial charge in [-0.2, -0.15) is 0 Å². The zero-order valence-corrected chi connectivity index (χ0v) is 13.1. The van der Waals surface area contributed by atoms with Gasteiger partial charge < -0.3 is 4.74 Å². The Hall–Kier alpha value is -0.500. The lowest BCUT2D eigenvalue weighted by atomic mass is 10.2. The van der Waals surface area contributed by atoms with E-state index >= 15 is 0 Å². The van der Waals surface area contributed by atoms with E-state index < -0.39 is 15.8 Å². The van der Waals surface area contributed by atoms with Gasteiger partial charge in [-0.25, -0.2) is 17.5 Å². The molecule has 0 radical (unpaired) electrons. The third kappa shape index (κ3) is 5.56. The van der Waals surface area contributed by atoms with Crippen molar-refractivity contribution < 1.29 is 17.5 Å². The highest BCUT2D eigenvalue weighted by Gasteiger charge is 2.16. The molecule has 4 nitrogen and oxygen atoms in total. The second-order valence-electron chi connectivity index (χ2n) is 3.96. The Morgan fingerprint density at radius 1 is 1.37 bits per heavy atom. The second-order valence-corrected chi connectivity index (χ2v) is 6.49. The predicted molar refractivity (Wildman–Crippen MR) is 75.6 cm³/mol. The summed E-state index contributed by atoms with van der Waals surface area (Å²) < 4.78 is 44.5. The molecule has 0 saturated carbocycles. The lowest BCUT2D eigenvalue weighted by Gasteiger charge is -2.09. The number of rotatable bonds is 8. The molecule has 7 heteroatoms. The van der Waals surface area contributed by atoms with Crippen LogP contribution in [-0.4, -0.2) is 33.5 Å². The van der Waals surface area contributed by atoms with E-state index in [9.17, 15) is 12.8 Å². The van der Waals surface area contributed by atoms with Crippen molar-refractivity contribution in [2.75, 3.05) is 25.1 Å². The molecule has 1 rings (SSSR count). The van der Waals surface area contributed by atoms with Gasteiger partial charge in [0.2, 0.25) is 10.0 Å². The first-order valence-corrected chi connectivity index (χ1v) is 8.47. The number of alkyl halides is 1. The Balaban J connectivity index is 2.52. The van der Waals surface area contributed by atoms with Crippen molar-refractivity contribution in [3.8, 4) is 0 Å². The van der Waals surface area contributed by atoms with Gasteiger partial charge in [-0.3, -0.25) is 0 Å². The van der Waals surface area contributed by atoms with E-state index in [0.29, 0.717) is 31.7 Å². The van der Waals surface area contributed by atoms with Crippen LogP contribution in [0.1, 0.15) is 12.0 Å². The fraction of sp³-hybridized carbons (Fsp3) is 0.500. The Labute approximate surface area is 121 Å². The van der Waals surface area contributed by atoms with Gasteiger partial charge in [0.05, 0.1) is 11.5 Å². The van der Waals surface area contributed by atoms with Crippen LogP contribution >= 0.6 is 15.9 Å². The number of hydrogen-bond donors (Lipinski definition) is 1. The first-order valence-electron chi connectivity index (χ1n) is 5.87. The minimum atomic E-state index is -3.58. The van der Waals surface area contributed by atoms with Crippen LogP contribution in [0.5, 0.6) is 0 Å². The minimum Gasteiger partial charge on any atom is -0.381 e. The first kappa shape index (κ1) is 16.6. The molecule has 0 aliphatic carbocycles. The summed E-state index contributed by atoms with van der Waals surface area (Å²) in [6.07, 6.45) is 0.590. The molecule has 0 bridgehead atoms. The monoisotopic (exact) mass is 353 g/mol. The maximum atomic E-state index is 12.9. The van der Waals surface area contributed by atoms with Crippen LogP contribution in [0, 0.1) is 12.7 Å². The van der Waals surface area contributed by atoms with Crippen molar-refractivity contribution in [1.29, 1.82) is 0 Å². The first-order chi connectivity index (χ1) is 8.97. The lowest BCUT2D eigenvalue weighted by molar-refractivity contribution is 0.149. The zero-order chi connectivity index (χ0) is 14.3. The average molecular weight is 354 g/mol. The van der Waals surface area contributed by atoms with Crippen molar-refractivity contribution in [3.05, 3.63) is 29.6 Å². The van der Waals surface area contributed by atoms with Crippen LogP contribution in [0.4, 0.5) is 4.39 Å². The molecule has 0 spiro atoms. The molecule has 0 amide bonds. The highest BCUT2D eigenvalue weighted by atomic mass is 79.9. The summed E-state index contributed by atoms with van der Waals surface area (Å²) in [6.45, 7) is 2.96. The zero-order valence-electron chi connectivity index (χ0n) is 10.7. The molecule has 1 N–H and O–H groups in total. The molecule has 0 atom stereocenters. The lowest BCUT2D eigenvalue weighted by Crippen LogP contribution is -2.26. The molecule has 0 aromatic heterocycles. The Morgan fingerprint density at radius 2 is 2.11 bits per heavy atom. The van der Waals surface area contributed by atoms with Crippen LogP contribution in [0.25, 0.3) is 0 Å². The van der Waals surface area contributed by atoms with Crippen molar-refractivity contribution in [3.63, 3.8) is 0 Å². The quantitative estimate of drug-likeness (QED) is 0.575. The number of ether oxygens (including phenoxy) is 1. The maximum absolute atomic E-state index is 12.9. The number of nitrogens with one attached hydrogen (secondary N) is 1. The number of benzene rings is 1. The van der Waals surface area contributed by atoms with E-state index in [2.05, 4.69) is 20.7 Å². The third-order valence-electron chi connectivity index (χ3n) is 2.41. The summed E-state index contributed by atoms with van der Waals surface area (Å²) in [5.41, 5.74) is 0.392. The normalized spacial score (nSPS) is 11.7. The van der Waals surface area contributed by atoms with E-state index in [1.807, 2.05) is 0 Å². The van der Waals surface area contributed by atoms with Crippen LogP contribution in [0.2, 0.25) is 0 Å². The Kier molecular flexibility index (Phi) is 6.92. The van der Waals surface area contributed by atoms with Gasteiger partial charge in [-0.1, -0.05) is 15.9 Å². The molecular formula is C12H17BrFNO3S. The van der Waals surface area contributed by atoms with Gasteiger partial charge >= 0.3 is 0 Å². The average Bonchev–Trinajstić information content (AvgIpc) is 2.33. The van der Waals surface area contributed by atoms with Crippen molar-refractivity contribution in [1.82, 2.24) is 4.72 Å². The summed E-state index contributed by atoms with van der Waals surface area (Å²) in [4.78, 5) is 0.107. The summed E-state index contributed by atoms with van der Waals surface area (Å²) in [6, 6.07) is 3.61. The molecule has 19 heavy (non-hydrogen) atoms. The number of hydrogen-bond acceptors (Lipinski definition) is 3. The number of aryl methyl sites for hydroxylation is 1. The smallest absolute Gasteiger partial charge is 0.240 e. The van der Waals surface area contributed by atoms with Gasteiger partial charge in [0, 0.05) is 18.5 Å². The third-order valence-corrected chi connectivity index (χ3v) is 4.35. The number of sulfonamides is 1. The van der Waals surface area contributed by atoms with E-state index in [0.717, 1.165) is 11.4 Å². The van der Waals surface area contributed by atoms with Gasteiger partial charge in [0.15, 0.2) is 0 Å². The van der Waals surface area contributed by atoms with Crippen LogP contribution in [0.3, 0.4) is 0 Å². The van der Waals surface area contributed by atoms with Gasteiger partial charge in [0.25, 0.3) is 0 Å². The number of halogens is 2. The van der Waals surface area contributed by atoms with Crippen LogP contribution in [0.15, 0.2) is 23.1 Å².